The molecule has 0 aliphatic rings. The Morgan fingerprint density at radius 2 is 2.35 bits per heavy atom. The average molecular weight is 270 g/mol. The van der Waals surface area contributed by atoms with E-state index in [0.29, 0.717) is 0 Å². The van der Waals surface area contributed by atoms with Crippen LogP contribution in [0.1, 0.15) is 30.3 Å². The van der Waals surface area contributed by atoms with E-state index in [2.05, 4.69) is 30.5 Å². The Hall–Kier alpha value is -0.840. The lowest BCUT2D eigenvalue weighted by Crippen LogP contribution is -2.21. The first kappa shape index (κ1) is 12.6. The molecule has 0 fully saturated rings. The molecule has 0 spiro atoms. The minimum absolute atomic E-state index is 0.146. The normalized spacial score (nSPS) is 12.9. The highest BCUT2D eigenvalue weighted by atomic mass is 35.5. The van der Waals surface area contributed by atoms with E-state index in [1.54, 1.807) is 11.3 Å². The van der Waals surface area contributed by atoms with Gasteiger partial charge in [-0.1, -0.05) is 18.5 Å². The van der Waals surface area contributed by atoms with E-state index in [1.807, 2.05) is 22.3 Å². The van der Waals surface area contributed by atoms with Gasteiger partial charge in [0.1, 0.15) is 0 Å². The van der Waals surface area contributed by atoms with Crippen LogP contribution in [0.15, 0.2) is 23.8 Å². The number of halogens is 1. The quantitative estimate of drug-likeness (QED) is 0.902. The van der Waals surface area contributed by atoms with Gasteiger partial charge in [-0.25, -0.2) is 0 Å². The summed E-state index contributed by atoms with van der Waals surface area (Å²) >= 11 is 7.88. The molecule has 0 radical (unpaired) electrons. The van der Waals surface area contributed by atoms with Crippen LogP contribution in [0.2, 0.25) is 5.02 Å². The lowest BCUT2D eigenvalue weighted by atomic mass is 10.1. The van der Waals surface area contributed by atoms with Crippen LogP contribution in [0.25, 0.3) is 0 Å². The van der Waals surface area contributed by atoms with Gasteiger partial charge in [0.05, 0.1) is 17.3 Å². The van der Waals surface area contributed by atoms with Crippen LogP contribution >= 0.6 is 22.9 Å². The smallest absolute Gasteiger partial charge is 0.0717 e. The van der Waals surface area contributed by atoms with Gasteiger partial charge in [-0.3, -0.25) is 4.68 Å². The van der Waals surface area contributed by atoms with Crippen molar-refractivity contribution in [3.8, 4) is 0 Å². The second-order valence-corrected chi connectivity index (χ2v) is 5.11. The minimum Gasteiger partial charge on any atom is -0.306 e. The topological polar surface area (TPSA) is 29.9 Å². The monoisotopic (exact) mass is 269 g/mol. The van der Waals surface area contributed by atoms with E-state index in [1.165, 1.54) is 0 Å². The molecule has 0 aliphatic carbocycles. The molecule has 92 valence electrons. The number of rotatable bonds is 5. The van der Waals surface area contributed by atoms with Gasteiger partial charge in [0.2, 0.25) is 0 Å². The third-order valence-corrected chi connectivity index (χ3v) is 4.05. The molecule has 1 unspecified atom stereocenters. The number of aromatic nitrogens is 2. The number of hydrogen-bond acceptors (Lipinski definition) is 3. The predicted octanol–water partition coefficient (Wildman–Crippen LogP) is 3.32. The largest absolute Gasteiger partial charge is 0.306 e. The third kappa shape index (κ3) is 2.70. The van der Waals surface area contributed by atoms with Crippen LogP contribution in [0, 0.1) is 0 Å². The van der Waals surface area contributed by atoms with Crippen molar-refractivity contribution in [1.82, 2.24) is 15.1 Å². The van der Waals surface area contributed by atoms with Crippen LogP contribution < -0.4 is 5.32 Å². The Labute approximate surface area is 110 Å². The van der Waals surface area contributed by atoms with Crippen LogP contribution in [0.4, 0.5) is 0 Å². The summed E-state index contributed by atoms with van der Waals surface area (Å²) < 4.78 is 1.93. The molecule has 3 nitrogen and oxygen atoms in total. The maximum Gasteiger partial charge on any atom is 0.0717 e. The lowest BCUT2D eigenvalue weighted by Gasteiger charge is -2.15. The molecule has 1 N–H and O–H groups in total. The number of nitrogens with one attached hydrogen (secondary N) is 1. The second-order valence-electron chi connectivity index (χ2n) is 3.75. The summed E-state index contributed by atoms with van der Waals surface area (Å²) in [5.41, 5.74) is 1.16. The number of aryl methyl sites for hydroxylation is 1. The fourth-order valence-electron chi connectivity index (χ4n) is 1.78. The molecule has 0 saturated carbocycles. The van der Waals surface area contributed by atoms with Crippen molar-refractivity contribution >= 4 is 22.9 Å². The summed E-state index contributed by atoms with van der Waals surface area (Å²) in [6.45, 7) is 5.96. The molecule has 0 aromatic carbocycles. The van der Waals surface area contributed by atoms with Crippen molar-refractivity contribution in [2.75, 3.05) is 6.54 Å². The van der Waals surface area contributed by atoms with Gasteiger partial charge < -0.3 is 5.32 Å². The number of thiophene rings is 1. The van der Waals surface area contributed by atoms with Gasteiger partial charge in [-0.05, 0) is 24.9 Å². The Balaban J connectivity index is 2.32. The molecule has 0 bridgehead atoms. The van der Waals surface area contributed by atoms with Crippen molar-refractivity contribution in [2.45, 2.75) is 26.4 Å². The van der Waals surface area contributed by atoms with E-state index in [4.69, 9.17) is 11.6 Å². The first-order chi connectivity index (χ1) is 8.26. The van der Waals surface area contributed by atoms with Gasteiger partial charge in [-0.15, -0.1) is 11.3 Å². The van der Waals surface area contributed by atoms with Crippen LogP contribution in [-0.4, -0.2) is 16.3 Å². The Morgan fingerprint density at radius 3 is 2.88 bits per heavy atom. The number of hydrogen-bond donors (Lipinski definition) is 1. The summed E-state index contributed by atoms with van der Waals surface area (Å²) in [6, 6.07) is 2.09. The van der Waals surface area contributed by atoms with Gasteiger partial charge in [0, 0.05) is 23.2 Å². The maximum atomic E-state index is 6.20. The molecule has 2 rings (SSSR count). The van der Waals surface area contributed by atoms with Crippen LogP contribution in [0.3, 0.4) is 0 Å². The van der Waals surface area contributed by atoms with Crippen LogP contribution in [0.5, 0.6) is 0 Å². The molecule has 17 heavy (non-hydrogen) atoms. The lowest BCUT2D eigenvalue weighted by molar-refractivity contribution is 0.633. The zero-order valence-corrected chi connectivity index (χ0v) is 11.6. The summed E-state index contributed by atoms with van der Waals surface area (Å²) in [4.78, 5) is 1.16. The van der Waals surface area contributed by atoms with Gasteiger partial charge in [-0.2, -0.15) is 5.10 Å². The van der Waals surface area contributed by atoms with Gasteiger partial charge in [0.15, 0.2) is 0 Å². The molecule has 2 aromatic rings. The molecular formula is C12H16ClN3S. The molecule has 0 saturated heterocycles. The van der Waals surface area contributed by atoms with Crippen molar-refractivity contribution in [3.63, 3.8) is 0 Å². The van der Waals surface area contributed by atoms with E-state index in [0.717, 1.165) is 28.6 Å². The summed E-state index contributed by atoms with van der Waals surface area (Å²) in [7, 11) is 0. The van der Waals surface area contributed by atoms with Crippen molar-refractivity contribution in [1.29, 1.82) is 0 Å². The zero-order chi connectivity index (χ0) is 12.3. The fraction of sp³-hybridized carbons (Fsp3) is 0.417. The first-order valence-corrected chi connectivity index (χ1v) is 7.00. The first-order valence-electron chi connectivity index (χ1n) is 5.74. The number of nitrogens with zero attached hydrogens (tertiary/aromatic N) is 2. The molecule has 2 aromatic heterocycles. The Morgan fingerprint density at radius 1 is 1.53 bits per heavy atom. The SMILES string of the molecule is CCNC(c1cnn(CC)c1)c1sccc1Cl. The summed E-state index contributed by atoms with van der Waals surface area (Å²) in [5.74, 6) is 0. The average Bonchev–Trinajstić information content (AvgIpc) is 2.95. The van der Waals surface area contributed by atoms with Crippen molar-refractivity contribution in [2.24, 2.45) is 0 Å². The molecule has 5 heteroatoms. The molecule has 0 amide bonds. The molecule has 2 heterocycles. The van der Waals surface area contributed by atoms with Crippen molar-refractivity contribution < 1.29 is 0 Å². The van der Waals surface area contributed by atoms with E-state index < -0.39 is 0 Å². The Bertz CT molecular complexity index is 478. The highest BCUT2D eigenvalue weighted by Gasteiger charge is 2.18. The Kier molecular flexibility index (Phi) is 4.20. The fourth-order valence-corrected chi connectivity index (χ4v) is 3.05. The molecular weight excluding hydrogens is 254 g/mol. The standard InChI is InChI=1S/C12H16ClN3S/c1-3-14-11(12-10(13)5-6-17-12)9-7-15-16(4-2)8-9/h5-8,11,14H,3-4H2,1-2H3. The van der Waals surface area contributed by atoms with Gasteiger partial charge >= 0.3 is 0 Å². The van der Waals surface area contributed by atoms with Gasteiger partial charge in [0.25, 0.3) is 0 Å². The molecule has 1 atom stereocenters. The maximum absolute atomic E-state index is 6.20. The third-order valence-electron chi connectivity index (χ3n) is 2.63. The molecule has 0 aliphatic heterocycles. The van der Waals surface area contributed by atoms with E-state index in [-0.39, 0.29) is 6.04 Å². The van der Waals surface area contributed by atoms with Crippen molar-refractivity contribution in [3.05, 3.63) is 39.3 Å². The zero-order valence-electron chi connectivity index (χ0n) is 9.98. The highest BCUT2D eigenvalue weighted by molar-refractivity contribution is 7.10. The highest BCUT2D eigenvalue weighted by Crippen LogP contribution is 2.32. The second kappa shape index (κ2) is 5.67. The summed E-state index contributed by atoms with van der Waals surface area (Å²) in [5, 5.41) is 10.6. The van der Waals surface area contributed by atoms with E-state index >= 15 is 0 Å². The summed E-state index contributed by atoms with van der Waals surface area (Å²) in [6.07, 6.45) is 3.98. The van der Waals surface area contributed by atoms with E-state index in [9.17, 15) is 0 Å². The van der Waals surface area contributed by atoms with Crippen LogP contribution in [-0.2, 0) is 6.54 Å². The predicted molar refractivity (Wildman–Crippen MR) is 72.7 cm³/mol. The minimum atomic E-state index is 0.146.